The molecular formula is C13H11NO3S. The lowest BCUT2D eigenvalue weighted by Gasteiger charge is -2.11. The van der Waals surface area contributed by atoms with E-state index >= 15 is 0 Å². The van der Waals surface area contributed by atoms with Crippen LogP contribution in [0, 0.1) is 5.21 Å². The Kier molecular flexibility index (Phi) is 3.84. The van der Waals surface area contributed by atoms with Gasteiger partial charge in [0.05, 0.1) is 0 Å². The van der Waals surface area contributed by atoms with E-state index in [0.717, 1.165) is 11.8 Å². The highest BCUT2D eigenvalue weighted by atomic mass is 32.2. The van der Waals surface area contributed by atoms with Gasteiger partial charge in [0, 0.05) is 12.1 Å². The van der Waals surface area contributed by atoms with E-state index in [1.165, 1.54) is 6.20 Å². The molecule has 0 saturated carbocycles. The first-order valence-corrected chi connectivity index (χ1v) is 6.19. The normalized spacial score (nSPS) is 12.0. The third kappa shape index (κ3) is 2.81. The summed E-state index contributed by atoms with van der Waals surface area (Å²) in [5.41, 5.74) is 0.666. The summed E-state index contributed by atoms with van der Waals surface area (Å²) in [6.07, 6.45) is 1.35. The minimum Gasteiger partial charge on any atom is -0.618 e. The smallest absolute Gasteiger partial charge is 0.321 e. The van der Waals surface area contributed by atoms with Crippen LogP contribution in [0.2, 0.25) is 0 Å². The predicted octanol–water partition coefficient (Wildman–Crippen LogP) is 2.24. The van der Waals surface area contributed by atoms with Crippen molar-refractivity contribution in [2.45, 2.75) is 10.3 Å². The van der Waals surface area contributed by atoms with Gasteiger partial charge in [-0.3, -0.25) is 4.79 Å². The van der Waals surface area contributed by atoms with Crippen LogP contribution < -0.4 is 4.73 Å². The third-order valence-corrected chi connectivity index (χ3v) is 3.62. The molecule has 0 aliphatic rings. The highest BCUT2D eigenvalue weighted by molar-refractivity contribution is 8.00. The third-order valence-electron chi connectivity index (χ3n) is 2.35. The van der Waals surface area contributed by atoms with Crippen LogP contribution in [0.3, 0.4) is 0 Å². The molecule has 0 fully saturated rings. The number of aromatic nitrogens is 1. The first-order valence-electron chi connectivity index (χ1n) is 5.31. The average Bonchev–Trinajstić information content (AvgIpc) is 2.38. The second-order valence-electron chi connectivity index (χ2n) is 3.61. The molecule has 2 aromatic rings. The van der Waals surface area contributed by atoms with Gasteiger partial charge in [0.25, 0.3) is 5.03 Å². The number of thioether (sulfide) groups is 1. The van der Waals surface area contributed by atoms with E-state index in [4.69, 9.17) is 0 Å². The van der Waals surface area contributed by atoms with Crippen molar-refractivity contribution in [1.29, 1.82) is 0 Å². The number of nitrogens with zero attached hydrogens (tertiary/aromatic N) is 1. The molecule has 0 radical (unpaired) electrons. The summed E-state index contributed by atoms with van der Waals surface area (Å²) in [4.78, 5) is 11.3. The van der Waals surface area contributed by atoms with Crippen molar-refractivity contribution in [2.75, 3.05) is 0 Å². The van der Waals surface area contributed by atoms with Crippen molar-refractivity contribution in [3.63, 3.8) is 0 Å². The van der Waals surface area contributed by atoms with Crippen molar-refractivity contribution in [2.24, 2.45) is 0 Å². The fourth-order valence-electron chi connectivity index (χ4n) is 1.51. The van der Waals surface area contributed by atoms with Crippen molar-refractivity contribution in [3.05, 3.63) is 65.5 Å². The number of rotatable bonds is 4. The summed E-state index contributed by atoms with van der Waals surface area (Å²) in [5, 5.41) is 20.3. The molecule has 0 spiro atoms. The molecule has 2 rings (SSSR count). The lowest BCUT2D eigenvalue weighted by atomic mass is 10.1. The maximum Gasteiger partial charge on any atom is 0.321 e. The van der Waals surface area contributed by atoms with Gasteiger partial charge in [0.2, 0.25) is 0 Å². The molecule has 1 heterocycles. The molecule has 0 bridgehead atoms. The van der Waals surface area contributed by atoms with E-state index in [0.29, 0.717) is 15.3 Å². The first-order chi connectivity index (χ1) is 8.68. The molecule has 1 aromatic heterocycles. The van der Waals surface area contributed by atoms with Crippen LogP contribution in [0.1, 0.15) is 10.8 Å². The van der Waals surface area contributed by atoms with E-state index in [2.05, 4.69) is 0 Å². The Balaban J connectivity index is 2.28. The van der Waals surface area contributed by atoms with E-state index in [-0.39, 0.29) is 0 Å². The number of carboxylic acid groups (broad SMARTS) is 1. The number of hydrogen-bond acceptors (Lipinski definition) is 3. The zero-order valence-electron chi connectivity index (χ0n) is 9.39. The molecule has 1 unspecified atom stereocenters. The molecule has 5 heteroatoms. The largest absolute Gasteiger partial charge is 0.618 e. The van der Waals surface area contributed by atoms with E-state index in [1.54, 1.807) is 42.5 Å². The zero-order chi connectivity index (χ0) is 13.0. The molecule has 0 saturated heterocycles. The van der Waals surface area contributed by atoms with E-state index < -0.39 is 11.2 Å². The molecule has 0 aliphatic heterocycles. The molecule has 0 aliphatic carbocycles. The van der Waals surface area contributed by atoms with Crippen LogP contribution in [0.4, 0.5) is 0 Å². The quantitative estimate of drug-likeness (QED) is 0.521. The molecular weight excluding hydrogens is 250 g/mol. The summed E-state index contributed by atoms with van der Waals surface area (Å²) in [6.45, 7) is 0. The summed E-state index contributed by atoms with van der Waals surface area (Å²) < 4.78 is 0.670. The number of aliphatic carboxylic acids is 1. The molecule has 4 nitrogen and oxygen atoms in total. The van der Waals surface area contributed by atoms with Crippen LogP contribution in [0.25, 0.3) is 0 Å². The fourth-order valence-corrected chi connectivity index (χ4v) is 2.47. The Morgan fingerprint density at radius 2 is 1.83 bits per heavy atom. The van der Waals surface area contributed by atoms with Gasteiger partial charge >= 0.3 is 5.97 Å². The van der Waals surface area contributed by atoms with Gasteiger partial charge in [-0.2, -0.15) is 4.73 Å². The molecule has 1 N–H and O–H groups in total. The predicted molar refractivity (Wildman–Crippen MR) is 68.1 cm³/mol. The highest BCUT2D eigenvalue weighted by Gasteiger charge is 2.24. The number of carbonyl (C=O) groups is 1. The van der Waals surface area contributed by atoms with Crippen LogP contribution in [0.15, 0.2) is 59.8 Å². The van der Waals surface area contributed by atoms with Crippen molar-refractivity contribution < 1.29 is 14.6 Å². The second-order valence-corrected chi connectivity index (χ2v) is 4.74. The van der Waals surface area contributed by atoms with Gasteiger partial charge in [0.1, 0.15) is 5.25 Å². The SMILES string of the molecule is O=C(O)C(Sc1cccc[n+]1[O-])c1ccccc1. The first kappa shape index (κ1) is 12.4. The van der Waals surface area contributed by atoms with Gasteiger partial charge in [-0.25, -0.2) is 0 Å². The fraction of sp³-hybridized carbons (Fsp3) is 0.0769. The summed E-state index contributed by atoms with van der Waals surface area (Å²) in [5.74, 6) is -0.963. The van der Waals surface area contributed by atoms with Crippen LogP contribution in [-0.2, 0) is 4.79 Å². The number of carboxylic acids is 1. The van der Waals surface area contributed by atoms with Crippen molar-refractivity contribution >= 4 is 17.7 Å². The Bertz CT molecular complexity index is 545. The van der Waals surface area contributed by atoms with Gasteiger partial charge in [-0.15, -0.1) is 0 Å². The Labute approximate surface area is 108 Å². The molecule has 1 aromatic carbocycles. The second kappa shape index (κ2) is 5.55. The Hall–Kier alpha value is -2.01. The molecule has 92 valence electrons. The topological polar surface area (TPSA) is 64.2 Å². The standard InChI is InChI=1S/C13H11NO3S/c15-13(16)12(10-6-2-1-3-7-10)18-11-8-4-5-9-14(11)17/h1-9,12H,(H,15,16). The van der Waals surface area contributed by atoms with Gasteiger partial charge in [-0.1, -0.05) is 30.3 Å². The Morgan fingerprint density at radius 3 is 2.44 bits per heavy atom. The van der Waals surface area contributed by atoms with Crippen LogP contribution in [0.5, 0.6) is 0 Å². The minimum absolute atomic E-state index is 0.369. The van der Waals surface area contributed by atoms with Crippen LogP contribution in [-0.4, -0.2) is 11.1 Å². The lowest BCUT2D eigenvalue weighted by Crippen LogP contribution is -2.28. The maximum absolute atomic E-state index is 11.5. The number of hydrogen-bond donors (Lipinski definition) is 1. The zero-order valence-corrected chi connectivity index (χ0v) is 10.2. The van der Waals surface area contributed by atoms with Gasteiger partial charge in [0.15, 0.2) is 6.20 Å². The summed E-state index contributed by atoms with van der Waals surface area (Å²) in [7, 11) is 0. The average molecular weight is 261 g/mol. The highest BCUT2D eigenvalue weighted by Crippen LogP contribution is 2.33. The van der Waals surface area contributed by atoms with E-state index in [9.17, 15) is 15.1 Å². The lowest BCUT2D eigenvalue weighted by molar-refractivity contribution is -0.645. The minimum atomic E-state index is -0.963. The molecule has 18 heavy (non-hydrogen) atoms. The van der Waals surface area contributed by atoms with Crippen molar-refractivity contribution in [3.8, 4) is 0 Å². The van der Waals surface area contributed by atoms with Crippen LogP contribution >= 0.6 is 11.8 Å². The van der Waals surface area contributed by atoms with Crippen molar-refractivity contribution in [1.82, 2.24) is 0 Å². The number of benzene rings is 1. The summed E-state index contributed by atoms with van der Waals surface area (Å²) in [6, 6.07) is 13.8. The maximum atomic E-state index is 11.5. The van der Waals surface area contributed by atoms with E-state index in [1.807, 2.05) is 6.07 Å². The molecule has 0 amide bonds. The van der Waals surface area contributed by atoms with Gasteiger partial charge < -0.3 is 10.3 Å². The number of pyridine rings is 1. The Morgan fingerprint density at radius 1 is 1.17 bits per heavy atom. The van der Waals surface area contributed by atoms with Gasteiger partial charge in [-0.05, 0) is 23.4 Å². The summed E-state index contributed by atoms with van der Waals surface area (Å²) >= 11 is 1.03. The monoisotopic (exact) mass is 261 g/mol. The molecule has 1 atom stereocenters.